The lowest BCUT2D eigenvalue weighted by Gasteiger charge is -2.51. The molecule has 1 fully saturated rings. The fraction of sp³-hybridized carbons (Fsp3) is 0.167. The molecule has 2 bridgehead atoms. The predicted molar refractivity (Wildman–Crippen MR) is 131 cm³/mol. The lowest BCUT2D eigenvalue weighted by Crippen LogP contribution is -2.49. The number of hydrogen-bond donors (Lipinski definition) is 0. The molecule has 0 N–H and O–H groups in total. The summed E-state index contributed by atoms with van der Waals surface area (Å²) < 4.78 is 10.8. The predicted octanol–water partition coefficient (Wildman–Crippen LogP) is 5.29. The standard InChI is InChI=1S/C30H21NO5/c1-30-25-19-11-4-2-9-17(19)24(18-10-3-5-12-20(18)25)26(30)27(32)31(29(30)34)21-13-6-7-14-22(21)36-28(33)23-15-8-16-35-23/h2-16,24-26H,1H3. The zero-order valence-electron chi connectivity index (χ0n) is 19.4. The van der Waals surface area contributed by atoms with Crippen molar-refractivity contribution in [3.8, 4) is 5.75 Å². The Morgan fingerprint density at radius 3 is 2.08 bits per heavy atom. The van der Waals surface area contributed by atoms with Crippen LogP contribution >= 0.6 is 0 Å². The maximum atomic E-state index is 14.3. The van der Waals surface area contributed by atoms with Crippen molar-refractivity contribution < 1.29 is 23.5 Å². The van der Waals surface area contributed by atoms with E-state index < -0.39 is 17.3 Å². The van der Waals surface area contributed by atoms with Gasteiger partial charge in [-0.05, 0) is 53.4 Å². The maximum Gasteiger partial charge on any atom is 0.379 e. The van der Waals surface area contributed by atoms with Gasteiger partial charge in [0.1, 0.15) is 0 Å². The van der Waals surface area contributed by atoms with E-state index in [0.717, 1.165) is 22.3 Å². The molecule has 176 valence electrons. The van der Waals surface area contributed by atoms with Gasteiger partial charge < -0.3 is 9.15 Å². The average molecular weight is 476 g/mol. The molecule has 2 atom stereocenters. The van der Waals surface area contributed by atoms with Crippen LogP contribution in [0.5, 0.6) is 5.75 Å². The van der Waals surface area contributed by atoms with Crippen molar-refractivity contribution in [3.63, 3.8) is 0 Å². The van der Waals surface area contributed by atoms with Crippen molar-refractivity contribution in [3.05, 3.63) is 119 Å². The summed E-state index contributed by atoms with van der Waals surface area (Å²) in [5.41, 5.74) is 3.69. The number of imide groups is 1. The molecule has 0 saturated carbocycles. The first-order chi connectivity index (χ1) is 17.5. The second kappa shape index (κ2) is 7.28. The summed E-state index contributed by atoms with van der Waals surface area (Å²) in [5.74, 6) is -2.13. The third-order valence-corrected chi connectivity index (χ3v) is 8.04. The van der Waals surface area contributed by atoms with E-state index >= 15 is 0 Å². The normalized spacial score (nSPS) is 25.4. The number of carbonyl (C=O) groups excluding carboxylic acids is 3. The number of furan rings is 1. The van der Waals surface area contributed by atoms with Crippen LogP contribution in [-0.2, 0) is 9.59 Å². The Morgan fingerprint density at radius 1 is 0.833 bits per heavy atom. The molecule has 8 rings (SSSR count). The Hall–Kier alpha value is -4.45. The molecule has 3 aliphatic carbocycles. The van der Waals surface area contributed by atoms with Crippen LogP contribution in [0.2, 0.25) is 0 Å². The maximum absolute atomic E-state index is 14.3. The van der Waals surface area contributed by atoms with E-state index in [1.165, 1.54) is 17.2 Å². The van der Waals surface area contributed by atoms with Crippen LogP contribution < -0.4 is 9.64 Å². The highest BCUT2D eigenvalue weighted by atomic mass is 16.5. The van der Waals surface area contributed by atoms with Crippen LogP contribution in [0.1, 0.15) is 51.6 Å². The van der Waals surface area contributed by atoms with Crippen LogP contribution in [0.25, 0.3) is 0 Å². The molecule has 0 spiro atoms. The highest BCUT2D eigenvalue weighted by molar-refractivity contribution is 6.25. The number of hydrogen-bond acceptors (Lipinski definition) is 5. The molecule has 3 aromatic carbocycles. The smallest absolute Gasteiger partial charge is 0.379 e. The van der Waals surface area contributed by atoms with E-state index in [-0.39, 0.29) is 40.8 Å². The molecule has 1 aromatic heterocycles. The Balaban J connectivity index is 1.37. The molecule has 36 heavy (non-hydrogen) atoms. The van der Waals surface area contributed by atoms with Crippen LogP contribution in [0.15, 0.2) is 95.6 Å². The second-order valence-electron chi connectivity index (χ2n) is 9.74. The van der Waals surface area contributed by atoms with Crippen LogP contribution in [0.4, 0.5) is 5.69 Å². The lowest BCUT2D eigenvalue weighted by molar-refractivity contribution is -0.128. The first kappa shape index (κ1) is 20.9. The van der Waals surface area contributed by atoms with E-state index in [0.29, 0.717) is 0 Å². The summed E-state index contributed by atoms with van der Waals surface area (Å²) in [6.45, 7) is 1.92. The number of esters is 1. The highest BCUT2D eigenvalue weighted by Crippen LogP contribution is 2.67. The summed E-state index contributed by atoms with van der Waals surface area (Å²) in [6, 6.07) is 26.0. The molecule has 6 nitrogen and oxygen atoms in total. The van der Waals surface area contributed by atoms with Crippen molar-refractivity contribution in [2.24, 2.45) is 11.3 Å². The number of anilines is 1. The number of rotatable bonds is 3. The third kappa shape index (κ3) is 2.53. The first-order valence-corrected chi connectivity index (χ1v) is 11.9. The number of para-hydroxylation sites is 2. The molecular formula is C30H21NO5. The molecule has 1 aliphatic heterocycles. The molecule has 6 heteroatoms. The van der Waals surface area contributed by atoms with E-state index in [9.17, 15) is 14.4 Å². The zero-order valence-corrected chi connectivity index (χ0v) is 19.4. The molecule has 4 aromatic rings. The van der Waals surface area contributed by atoms with Gasteiger partial charge in [-0.25, -0.2) is 9.69 Å². The minimum absolute atomic E-state index is 0.0356. The molecule has 2 heterocycles. The minimum Gasteiger partial charge on any atom is -0.457 e. The van der Waals surface area contributed by atoms with Crippen molar-refractivity contribution in [2.45, 2.75) is 18.8 Å². The van der Waals surface area contributed by atoms with E-state index in [4.69, 9.17) is 9.15 Å². The van der Waals surface area contributed by atoms with Gasteiger partial charge in [-0.3, -0.25) is 9.59 Å². The minimum atomic E-state index is -0.970. The fourth-order valence-electron chi connectivity index (χ4n) is 6.62. The number of carbonyl (C=O) groups is 3. The van der Waals surface area contributed by atoms with Gasteiger partial charge in [0.05, 0.1) is 23.3 Å². The first-order valence-electron chi connectivity index (χ1n) is 11.9. The van der Waals surface area contributed by atoms with Gasteiger partial charge in [0.25, 0.3) is 0 Å². The zero-order chi connectivity index (χ0) is 24.6. The molecule has 1 saturated heterocycles. The van der Waals surface area contributed by atoms with Gasteiger partial charge in [0.15, 0.2) is 5.75 Å². The van der Waals surface area contributed by atoms with Crippen molar-refractivity contribution >= 4 is 23.5 Å². The Morgan fingerprint density at radius 2 is 1.44 bits per heavy atom. The van der Waals surface area contributed by atoms with Crippen LogP contribution in [0.3, 0.4) is 0 Å². The molecule has 2 unspecified atom stereocenters. The van der Waals surface area contributed by atoms with Crippen LogP contribution in [-0.4, -0.2) is 17.8 Å². The van der Waals surface area contributed by atoms with Crippen molar-refractivity contribution in [1.29, 1.82) is 0 Å². The quantitative estimate of drug-likeness (QED) is 0.229. The van der Waals surface area contributed by atoms with Crippen LogP contribution in [0, 0.1) is 11.3 Å². The van der Waals surface area contributed by atoms with Gasteiger partial charge in [-0.15, -0.1) is 0 Å². The highest BCUT2D eigenvalue weighted by Gasteiger charge is 2.69. The molecule has 4 aliphatic rings. The van der Waals surface area contributed by atoms with Gasteiger partial charge in [-0.1, -0.05) is 60.7 Å². The third-order valence-electron chi connectivity index (χ3n) is 8.04. The molecule has 0 radical (unpaired) electrons. The number of nitrogens with zero attached hydrogens (tertiary/aromatic N) is 1. The van der Waals surface area contributed by atoms with Gasteiger partial charge in [0.2, 0.25) is 17.6 Å². The monoisotopic (exact) mass is 475 g/mol. The summed E-state index contributed by atoms with van der Waals surface area (Å²) in [7, 11) is 0. The van der Waals surface area contributed by atoms with Crippen molar-refractivity contribution in [1.82, 2.24) is 0 Å². The molecular weight excluding hydrogens is 454 g/mol. The summed E-state index contributed by atoms with van der Waals surface area (Å²) in [6.07, 6.45) is 1.38. The largest absolute Gasteiger partial charge is 0.457 e. The number of benzene rings is 3. The summed E-state index contributed by atoms with van der Waals surface area (Å²) in [5, 5.41) is 0. The van der Waals surface area contributed by atoms with Gasteiger partial charge in [0, 0.05) is 11.8 Å². The van der Waals surface area contributed by atoms with Crippen molar-refractivity contribution in [2.75, 3.05) is 4.90 Å². The van der Waals surface area contributed by atoms with E-state index in [2.05, 4.69) is 24.3 Å². The van der Waals surface area contributed by atoms with E-state index in [1.54, 1.807) is 30.3 Å². The fourth-order valence-corrected chi connectivity index (χ4v) is 6.62. The Labute approximate surface area is 207 Å². The Kier molecular flexibility index (Phi) is 4.22. The number of amides is 2. The van der Waals surface area contributed by atoms with E-state index in [1.807, 2.05) is 31.2 Å². The summed E-state index contributed by atoms with van der Waals surface area (Å²) in [4.78, 5) is 42.3. The van der Waals surface area contributed by atoms with Gasteiger partial charge in [-0.2, -0.15) is 0 Å². The number of ether oxygens (including phenoxy) is 1. The second-order valence-corrected chi connectivity index (χ2v) is 9.74. The van der Waals surface area contributed by atoms with Gasteiger partial charge >= 0.3 is 5.97 Å². The average Bonchev–Trinajstić information content (AvgIpc) is 3.51. The topological polar surface area (TPSA) is 76.8 Å². The SMILES string of the molecule is CC12C(=O)N(c3ccccc3OC(=O)c3ccco3)C(=O)C1C1c3ccccc3C2c2ccccc21. The summed E-state index contributed by atoms with van der Waals surface area (Å²) >= 11 is 0. The Bertz CT molecular complexity index is 1520. The molecule has 2 amide bonds. The lowest BCUT2D eigenvalue weighted by atomic mass is 9.48.